The van der Waals surface area contributed by atoms with E-state index >= 15 is 0 Å². The van der Waals surface area contributed by atoms with Crippen molar-refractivity contribution in [3.63, 3.8) is 0 Å². The summed E-state index contributed by atoms with van der Waals surface area (Å²) in [6, 6.07) is 4.15. The molecule has 0 N–H and O–H groups in total. The second-order valence-corrected chi connectivity index (χ2v) is 8.20. The third-order valence-electron chi connectivity index (χ3n) is 6.83. The molecule has 0 aliphatic carbocycles. The number of halogens is 2. The number of carbonyl (C=O) groups is 1. The number of rotatable bonds is 1. The number of amides is 2. The average molecular weight is 377 g/mol. The first kappa shape index (κ1) is 17.4. The van der Waals surface area contributed by atoms with Crippen LogP contribution in [0.5, 0.6) is 0 Å². The molecule has 1 aromatic carbocycles. The van der Waals surface area contributed by atoms with Crippen molar-refractivity contribution in [2.75, 3.05) is 45.9 Å². The van der Waals surface area contributed by atoms with E-state index < -0.39 is 11.6 Å². The van der Waals surface area contributed by atoms with Gasteiger partial charge in [0.25, 0.3) is 0 Å². The molecule has 27 heavy (non-hydrogen) atoms. The number of hydrogen-bond donors (Lipinski definition) is 0. The van der Waals surface area contributed by atoms with E-state index in [1.54, 1.807) is 0 Å². The van der Waals surface area contributed by atoms with Crippen LogP contribution in [0.3, 0.4) is 0 Å². The van der Waals surface area contributed by atoms with Crippen molar-refractivity contribution in [3.05, 3.63) is 35.4 Å². The summed E-state index contributed by atoms with van der Waals surface area (Å²) in [6.07, 6.45) is 2.19. The molecule has 5 nitrogen and oxygen atoms in total. The van der Waals surface area contributed by atoms with Gasteiger partial charge < -0.3 is 14.5 Å². The van der Waals surface area contributed by atoms with Crippen LogP contribution >= 0.6 is 0 Å². The monoisotopic (exact) mass is 377 g/mol. The van der Waals surface area contributed by atoms with Crippen LogP contribution in [0.15, 0.2) is 18.2 Å². The minimum atomic E-state index is -0.546. The second kappa shape index (κ2) is 6.71. The molecule has 5 saturated heterocycles. The van der Waals surface area contributed by atoms with E-state index in [1.807, 2.05) is 9.80 Å². The van der Waals surface area contributed by atoms with Crippen LogP contribution in [0, 0.1) is 17.6 Å². The number of fused-ring (bicyclic) bond motifs is 2. The molecule has 6 rings (SSSR count). The molecule has 5 fully saturated rings. The summed E-state index contributed by atoms with van der Waals surface area (Å²) >= 11 is 0. The Morgan fingerprint density at radius 3 is 2.30 bits per heavy atom. The zero-order chi connectivity index (χ0) is 18.5. The molecule has 0 unspecified atom stereocenters. The van der Waals surface area contributed by atoms with Crippen molar-refractivity contribution >= 4 is 6.03 Å². The largest absolute Gasteiger partial charge is 0.378 e. The van der Waals surface area contributed by atoms with Crippen LogP contribution in [0.25, 0.3) is 0 Å². The van der Waals surface area contributed by atoms with Gasteiger partial charge in [0.2, 0.25) is 0 Å². The van der Waals surface area contributed by atoms with Gasteiger partial charge in [0, 0.05) is 37.7 Å². The number of morpholine rings is 1. The molecule has 1 aromatic rings. The summed E-state index contributed by atoms with van der Waals surface area (Å²) in [5, 5.41) is 0. The van der Waals surface area contributed by atoms with Crippen LogP contribution < -0.4 is 0 Å². The number of piperidine rings is 3. The Bertz CT molecular complexity index is 712. The summed E-state index contributed by atoms with van der Waals surface area (Å²) < 4.78 is 33.1. The molecule has 5 aliphatic rings. The van der Waals surface area contributed by atoms with E-state index in [2.05, 4.69) is 4.90 Å². The summed E-state index contributed by atoms with van der Waals surface area (Å²) in [7, 11) is 0. The predicted molar refractivity (Wildman–Crippen MR) is 95.5 cm³/mol. The normalized spacial score (nSPS) is 35.4. The van der Waals surface area contributed by atoms with Gasteiger partial charge in [-0.05, 0) is 49.5 Å². The van der Waals surface area contributed by atoms with E-state index in [-0.39, 0.29) is 24.0 Å². The van der Waals surface area contributed by atoms with Gasteiger partial charge in [-0.1, -0.05) is 0 Å². The lowest BCUT2D eigenvalue weighted by Crippen LogP contribution is -2.62. The van der Waals surface area contributed by atoms with Crippen LogP contribution in [0.1, 0.15) is 24.3 Å². The van der Waals surface area contributed by atoms with Gasteiger partial charge in [0.05, 0.1) is 19.3 Å². The maximum atomic E-state index is 13.9. The zero-order valence-corrected chi connectivity index (χ0v) is 15.3. The van der Waals surface area contributed by atoms with Crippen LogP contribution in [0.2, 0.25) is 0 Å². The number of nitrogens with zero attached hydrogens (tertiary/aromatic N) is 3. The highest BCUT2D eigenvalue weighted by Gasteiger charge is 2.55. The van der Waals surface area contributed by atoms with E-state index in [0.29, 0.717) is 44.3 Å². The summed E-state index contributed by atoms with van der Waals surface area (Å²) in [5.41, 5.74) is 0.673. The van der Waals surface area contributed by atoms with Gasteiger partial charge in [-0.25, -0.2) is 13.6 Å². The highest BCUT2D eigenvalue weighted by molar-refractivity contribution is 5.76. The van der Waals surface area contributed by atoms with Crippen LogP contribution in [0.4, 0.5) is 13.6 Å². The Hall–Kier alpha value is -1.73. The average Bonchev–Trinajstić information content (AvgIpc) is 3.11. The molecular formula is C20H25F2N3O2. The van der Waals surface area contributed by atoms with Crippen molar-refractivity contribution < 1.29 is 18.3 Å². The van der Waals surface area contributed by atoms with Gasteiger partial charge in [-0.2, -0.15) is 0 Å². The third-order valence-corrected chi connectivity index (χ3v) is 6.83. The van der Waals surface area contributed by atoms with Crippen molar-refractivity contribution in [2.45, 2.75) is 30.8 Å². The fourth-order valence-electron chi connectivity index (χ4n) is 5.66. The summed E-state index contributed by atoms with van der Waals surface area (Å²) in [5.74, 6) is -0.660. The Morgan fingerprint density at radius 1 is 0.963 bits per heavy atom. The molecule has 0 saturated carbocycles. The SMILES string of the molecule is O=C(N1CCOCC1)N1C[C@H](c2cc(F)cc(F)c2)[C@@H]2[C@H]1C1CCN2CC1. The molecule has 5 heterocycles. The number of ether oxygens (including phenoxy) is 1. The maximum Gasteiger partial charge on any atom is 0.320 e. The van der Waals surface area contributed by atoms with E-state index in [1.165, 1.54) is 12.1 Å². The quantitative estimate of drug-likeness (QED) is 0.753. The summed E-state index contributed by atoms with van der Waals surface area (Å²) in [6.45, 7) is 4.92. The number of benzene rings is 1. The van der Waals surface area contributed by atoms with Crippen molar-refractivity contribution in [1.82, 2.24) is 14.7 Å². The lowest BCUT2D eigenvalue weighted by molar-refractivity contribution is -0.00723. The minimum Gasteiger partial charge on any atom is -0.378 e. The first-order valence-electron chi connectivity index (χ1n) is 9.95. The molecule has 7 heteroatoms. The van der Waals surface area contributed by atoms with Crippen molar-refractivity contribution in [3.8, 4) is 0 Å². The molecular weight excluding hydrogens is 352 g/mol. The number of urea groups is 1. The summed E-state index contributed by atoms with van der Waals surface area (Å²) in [4.78, 5) is 19.6. The highest BCUT2D eigenvalue weighted by Crippen LogP contribution is 2.47. The lowest BCUT2D eigenvalue weighted by atomic mass is 9.75. The van der Waals surface area contributed by atoms with Gasteiger partial charge >= 0.3 is 6.03 Å². The number of likely N-dealkylation sites (tertiary alicyclic amines) is 1. The Balaban J connectivity index is 1.49. The van der Waals surface area contributed by atoms with Crippen molar-refractivity contribution in [1.29, 1.82) is 0 Å². The molecule has 3 atom stereocenters. The fraction of sp³-hybridized carbons (Fsp3) is 0.650. The van der Waals surface area contributed by atoms with E-state index in [4.69, 9.17) is 4.74 Å². The minimum absolute atomic E-state index is 0.0479. The first-order chi connectivity index (χ1) is 13.1. The van der Waals surface area contributed by atoms with Gasteiger partial charge in [0.1, 0.15) is 11.6 Å². The van der Waals surface area contributed by atoms with Crippen LogP contribution in [-0.4, -0.2) is 78.8 Å². The topological polar surface area (TPSA) is 36.0 Å². The predicted octanol–water partition coefficient (Wildman–Crippen LogP) is 2.28. The lowest BCUT2D eigenvalue weighted by Gasteiger charge is -2.51. The molecule has 0 spiro atoms. The Kier molecular flexibility index (Phi) is 4.31. The maximum absolute atomic E-state index is 13.9. The van der Waals surface area contributed by atoms with Gasteiger partial charge in [0.15, 0.2) is 0 Å². The standard InChI is InChI=1S/C20H25F2N3O2/c21-15-9-14(10-16(22)11-15)17-12-25(20(26)24-5-7-27-8-6-24)18-13-1-3-23(4-2-13)19(17)18/h9-11,13,17-19H,1-8,12H2/t17-,18-,19-/m1/s1. The third kappa shape index (κ3) is 2.91. The zero-order valence-electron chi connectivity index (χ0n) is 15.3. The first-order valence-corrected chi connectivity index (χ1v) is 9.95. The fourth-order valence-corrected chi connectivity index (χ4v) is 5.66. The Labute approximate surface area is 157 Å². The van der Waals surface area contributed by atoms with Gasteiger partial charge in [-0.3, -0.25) is 4.90 Å². The smallest absolute Gasteiger partial charge is 0.320 e. The molecule has 2 bridgehead atoms. The molecule has 0 aromatic heterocycles. The Morgan fingerprint density at radius 2 is 1.63 bits per heavy atom. The van der Waals surface area contributed by atoms with Crippen LogP contribution in [-0.2, 0) is 4.74 Å². The van der Waals surface area contributed by atoms with Gasteiger partial charge in [-0.15, -0.1) is 0 Å². The number of hydrogen-bond acceptors (Lipinski definition) is 3. The number of carbonyl (C=O) groups excluding carboxylic acids is 1. The molecule has 5 aliphatic heterocycles. The van der Waals surface area contributed by atoms with E-state index in [0.717, 1.165) is 32.0 Å². The highest BCUT2D eigenvalue weighted by atomic mass is 19.1. The molecule has 2 amide bonds. The second-order valence-electron chi connectivity index (χ2n) is 8.20. The van der Waals surface area contributed by atoms with E-state index in [9.17, 15) is 13.6 Å². The molecule has 146 valence electrons. The molecule has 0 radical (unpaired) electrons. The van der Waals surface area contributed by atoms with Crippen molar-refractivity contribution in [2.24, 2.45) is 5.92 Å².